The molecule has 1 N–H and O–H groups in total. The lowest BCUT2D eigenvalue weighted by molar-refractivity contribution is -0.138. The standard InChI is InChI=1S/C17H17BrO3/c1-11-5-3-4-6-14(11)15(17(19)20)10-12-9-13(18)7-8-16(12)21-2/h3-9,15H,10H2,1-2H3,(H,19,20). The van der Waals surface area contributed by atoms with Gasteiger partial charge in [0.25, 0.3) is 0 Å². The Bertz CT molecular complexity index is 652. The summed E-state index contributed by atoms with van der Waals surface area (Å²) in [6.07, 6.45) is 0.392. The van der Waals surface area contributed by atoms with Crippen molar-refractivity contribution in [3.05, 3.63) is 63.6 Å². The fourth-order valence-corrected chi connectivity index (χ4v) is 2.84. The van der Waals surface area contributed by atoms with Crippen LogP contribution in [0.5, 0.6) is 5.75 Å². The molecule has 0 aliphatic rings. The average Bonchev–Trinajstić information content (AvgIpc) is 2.45. The number of methoxy groups -OCH3 is 1. The zero-order chi connectivity index (χ0) is 15.4. The van der Waals surface area contributed by atoms with Crippen molar-refractivity contribution >= 4 is 21.9 Å². The summed E-state index contributed by atoms with van der Waals surface area (Å²) in [6, 6.07) is 13.2. The summed E-state index contributed by atoms with van der Waals surface area (Å²) in [5.74, 6) is -0.709. The van der Waals surface area contributed by atoms with E-state index in [0.717, 1.165) is 21.2 Å². The number of ether oxygens (including phenoxy) is 1. The predicted molar refractivity (Wildman–Crippen MR) is 86.0 cm³/mol. The Morgan fingerprint density at radius 3 is 2.62 bits per heavy atom. The van der Waals surface area contributed by atoms with Gasteiger partial charge in [0.2, 0.25) is 0 Å². The van der Waals surface area contributed by atoms with E-state index in [-0.39, 0.29) is 0 Å². The molecule has 2 rings (SSSR count). The zero-order valence-corrected chi connectivity index (χ0v) is 13.6. The highest BCUT2D eigenvalue weighted by atomic mass is 79.9. The SMILES string of the molecule is COc1ccc(Br)cc1CC(C(=O)O)c1ccccc1C. The number of aryl methyl sites for hydroxylation is 1. The van der Waals surface area contributed by atoms with Gasteiger partial charge in [-0.3, -0.25) is 4.79 Å². The van der Waals surface area contributed by atoms with Crippen molar-refractivity contribution < 1.29 is 14.6 Å². The second kappa shape index (κ2) is 6.76. The largest absolute Gasteiger partial charge is 0.496 e. The first-order valence-electron chi connectivity index (χ1n) is 6.63. The van der Waals surface area contributed by atoms with Crippen LogP contribution in [-0.2, 0) is 11.2 Å². The molecule has 110 valence electrons. The predicted octanol–water partition coefficient (Wildman–Crippen LogP) is 4.18. The Labute approximate surface area is 132 Å². The number of hydrogen-bond acceptors (Lipinski definition) is 2. The van der Waals surface area contributed by atoms with E-state index in [1.54, 1.807) is 7.11 Å². The van der Waals surface area contributed by atoms with E-state index in [9.17, 15) is 9.90 Å². The van der Waals surface area contributed by atoms with E-state index in [0.29, 0.717) is 12.2 Å². The Morgan fingerprint density at radius 1 is 1.29 bits per heavy atom. The molecular weight excluding hydrogens is 332 g/mol. The lowest BCUT2D eigenvalue weighted by atomic mass is 9.89. The molecule has 0 aliphatic carbocycles. The summed E-state index contributed by atoms with van der Waals surface area (Å²) in [4.78, 5) is 11.7. The average molecular weight is 349 g/mol. The number of aliphatic carboxylic acids is 1. The molecule has 0 fully saturated rings. The third-order valence-corrected chi connectivity index (χ3v) is 4.02. The number of benzene rings is 2. The monoisotopic (exact) mass is 348 g/mol. The van der Waals surface area contributed by atoms with Crippen LogP contribution in [0.1, 0.15) is 22.6 Å². The van der Waals surface area contributed by atoms with Crippen LogP contribution in [0.3, 0.4) is 0 Å². The molecule has 0 amide bonds. The smallest absolute Gasteiger partial charge is 0.311 e. The maximum atomic E-state index is 11.7. The van der Waals surface area contributed by atoms with Gasteiger partial charge < -0.3 is 9.84 Å². The quantitative estimate of drug-likeness (QED) is 0.881. The van der Waals surface area contributed by atoms with Crippen LogP contribution >= 0.6 is 15.9 Å². The van der Waals surface area contributed by atoms with Crippen molar-refractivity contribution in [3.63, 3.8) is 0 Å². The highest BCUT2D eigenvalue weighted by Crippen LogP contribution is 2.30. The molecule has 21 heavy (non-hydrogen) atoms. The minimum atomic E-state index is -0.827. The van der Waals surface area contributed by atoms with Crippen molar-refractivity contribution in [1.29, 1.82) is 0 Å². The molecule has 0 heterocycles. The molecule has 0 saturated carbocycles. The van der Waals surface area contributed by atoms with Crippen LogP contribution in [0.2, 0.25) is 0 Å². The Hall–Kier alpha value is -1.81. The molecule has 0 bridgehead atoms. The number of carboxylic acids is 1. The van der Waals surface area contributed by atoms with Gasteiger partial charge in [0.1, 0.15) is 5.75 Å². The summed E-state index contributed by atoms with van der Waals surface area (Å²) in [5, 5.41) is 9.59. The number of carboxylic acid groups (broad SMARTS) is 1. The third kappa shape index (κ3) is 3.64. The van der Waals surface area contributed by atoms with Gasteiger partial charge in [-0.2, -0.15) is 0 Å². The molecule has 0 aromatic heterocycles. The minimum Gasteiger partial charge on any atom is -0.496 e. The Kier molecular flexibility index (Phi) is 5.02. The third-order valence-electron chi connectivity index (χ3n) is 3.53. The molecule has 3 nitrogen and oxygen atoms in total. The number of carbonyl (C=O) groups is 1. The lowest BCUT2D eigenvalue weighted by Gasteiger charge is -2.17. The molecule has 2 aromatic rings. The minimum absolute atomic E-state index is 0.392. The Balaban J connectivity index is 2.40. The molecular formula is C17H17BrO3. The summed E-state index contributed by atoms with van der Waals surface area (Å²) in [6.45, 7) is 1.93. The van der Waals surface area contributed by atoms with Gasteiger partial charge in [0.15, 0.2) is 0 Å². The highest BCUT2D eigenvalue weighted by molar-refractivity contribution is 9.10. The van der Waals surface area contributed by atoms with Gasteiger partial charge in [-0.05, 0) is 48.2 Å². The fourth-order valence-electron chi connectivity index (χ4n) is 2.43. The number of hydrogen-bond donors (Lipinski definition) is 1. The second-order valence-corrected chi connectivity index (χ2v) is 5.82. The van der Waals surface area contributed by atoms with Crippen LogP contribution in [0, 0.1) is 6.92 Å². The van der Waals surface area contributed by atoms with E-state index in [1.165, 1.54) is 0 Å². The molecule has 1 atom stereocenters. The van der Waals surface area contributed by atoms with Crippen LogP contribution in [0.25, 0.3) is 0 Å². The fraction of sp³-hybridized carbons (Fsp3) is 0.235. The van der Waals surface area contributed by atoms with Crippen molar-refractivity contribution in [1.82, 2.24) is 0 Å². The zero-order valence-electron chi connectivity index (χ0n) is 12.0. The van der Waals surface area contributed by atoms with E-state index in [4.69, 9.17) is 4.74 Å². The van der Waals surface area contributed by atoms with Crippen LogP contribution in [0.4, 0.5) is 0 Å². The van der Waals surface area contributed by atoms with Gasteiger partial charge in [-0.25, -0.2) is 0 Å². The van der Waals surface area contributed by atoms with Gasteiger partial charge in [-0.15, -0.1) is 0 Å². The van der Waals surface area contributed by atoms with Gasteiger partial charge >= 0.3 is 5.97 Å². The van der Waals surface area contributed by atoms with Gasteiger partial charge in [-0.1, -0.05) is 40.2 Å². The molecule has 1 unspecified atom stereocenters. The van der Waals surface area contributed by atoms with Crippen molar-refractivity contribution in [2.24, 2.45) is 0 Å². The first-order chi connectivity index (χ1) is 10.0. The summed E-state index contributed by atoms with van der Waals surface area (Å²) in [7, 11) is 1.59. The van der Waals surface area contributed by atoms with E-state index in [1.807, 2.05) is 49.4 Å². The second-order valence-electron chi connectivity index (χ2n) is 4.91. The van der Waals surface area contributed by atoms with E-state index >= 15 is 0 Å². The van der Waals surface area contributed by atoms with Crippen molar-refractivity contribution in [3.8, 4) is 5.75 Å². The van der Waals surface area contributed by atoms with Gasteiger partial charge in [0, 0.05) is 4.47 Å². The maximum Gasteiger partial charge on any atom is 0.311 e. The Morgan fingerprint density at radius 2 is 2.00 bits per heavy atom. The number of halogens is 1. The lowest BCUT2D eigenvalue weighted by Crippen LogP contribution is -2.16. The van der Waals surface area contributed by atoms with Gasteiger partial charge in [0.05, 0.1) is 13.0 Å². The first kappa shape index (κ1) is 15.6. The topological polar surface area (TPSA) is 46.5 Å². The summed E-state index contributed by atoms with van der Waals surface area (Å²) >= 11 is 3.42. The van der Waals surface area contributed by atoms with Crippen LogP contribution in [-0.4, -0.2) is 18.2 Å². The molecule has 4 heteroatoms. The van der Waals surface area contributed by atoms with Crippen LogP contribution < -0.4 is 4.74 Å². The van der Waals surface area contributed by atoms with Crippen LogP contribution in [0.15, 0.2) is 46.9 Å². The molecule has 0 aliphatic heterocycles. The van der Waals surface area contributed by atoms with Crippen molar-refractivity contribution in [2.45, 2.75) is 19.3 Å². The maximum absolute atomic E-state index is 11.7. The summed E-state index contributed by atoms with van der Waals surface area (Å²) < 4.78 is 6.24. The molecule has 0 saturated heterocycles. The molecule has 0 spiro atoms. The number of rotatable bonds is 5. The van der Waals surface area contributed by atoms with E-state index < -0.39 is 11.9 Å². The highest BCUT2D eigenvalue weighted by Gasteiger charge is 2.23. The molecule has 0 radical (unpaired) electrons. The normalized spacial score (nSPS) is 12.0. The first-order valence-corrected chi connectivity index (χ1v) is 7.43. The van der Waals surface area contributed by atoms with Crippen molar-refractivity contribution in [2.75, 3.05) is 7.11 Å². The summed E-state index contributed by atoms with van der Waals surface area (Å²) in [5.41, 5.74) is 2.70. The van der Waals surface area contributed by atoms with E-state index in [2.05, 4.69) is 15.9 Å². The molecule has 2 aromatic carbocycles.